The van der Waals surface area contributed by atoms with Crippen LogP contribution in [0.2, 0.25) is 0 Å². The van der Waals surface area contributed by atoms with Gasteiger partial charge in [-0.2, -0.15) is 13.2 Å². The highest BCUT2D eigenvalue weighted by molar-refractivity contribution is 5.78. The second-order valence-corrected chi connectivity index (χ2v) is 3.77. The van der Waals surface area contributed by atoms with Crippen LogP contribution in [0.15, 0.2) is 0 Å². The summed E-state index contributed by atoms with van der Waals surface area (Å²) in [5.41, 5.74) is 0. The molecule has 96 valence electrons. The van der Waals surface area contributed by atoms with E-state index in [1.54, 1.807) is 13.8 Å². The summed E-state index contributed by atoms with van der Waals surface area (Å²) in [4.78, 5) is 11.1. The van der Waals surface area contributed by atoms with Crippen LogP contribution in [0.4, 0.5) is 13.2 Å². The number of alkyl halides is 3. The van der Waals surface area contributed by atoms with Gasteiger partial charge < -0.3 is 15.7 Å². The highest BCUT2D eigenvalue weighted by Crippen LogP contribution is 2.11. The molecule has 0 saturated carbocycles. The molecular weight excluding hydrogens is 225 g/mol. The molecule has 0 bridgehead atoms. The highest BCUT2D eigenvalue weighted by atomic mass is 19.4. The van der Waals surface area contributed by atoms with E-state index in [1.807, 2.05) is 5.32 Å². The van der Waals surface area contributed by atoms with Crippen molar-refractivity contribution in [1.29, 1.82) is 0 Å². The lowest BCUT2D eigenvalue weighted by atomic mass is 10.1. The lowest BCUT2D eigenvalue weighted by Crippen LogP contribution is -2.42. The van der Waals surface area contributed by atoms with Crippen molar-refractivity contribution in [3.05, 3.63) is 0 Å². The van der Waals surface area contributed by atoms with Crippen molar-refractivity contribution in [3.8, 4) is 0 Å². The first-order chi connectivity index (χ1) is 7.20. The van der Waals surface area contributed by atoms with Crippen molar-refractivity contribution < 1.29 is 23.1 Å². The summed E-state index contributed by atoms with van der Waals surface area (Å²) >= 11 is 0. The SMILES string of the molecule is CC(O)CC(C)NC(=O)CNCC(F)(F)F. The van der Waals surface area contributed by atoms with Crippen molar-refractivity contribution in [1.82, 2.24) is 10.6 Å². The molecule has 0 aliphatic heterocycles. The number of amides is 1. The van der Waals surface area contributed by atoms with E-state index in [-0.39, 0.29) is 12.6 Å². The number of rotatable bonds is 6. The molecule has 0 fully saturated rings. The zero-order chi connectivity index (χ0) is 12.8. The van der Waals surface area contributed by atoms with Gasteiger partial charge in [0.15, 0.2) is 0 Å². The standard InChI is InChI=1S/C9H17F3N2O2/c1-6(3-7(2)15)14-8(16)4-13-5-9(10,11)12/h6-7,13,15H,3-5H2,1-2H3,(H,14,16). The number of hydrogen-bond acceptors (Lipinski definition) is 3. The number of aliphatic hydroxyl groups excluding tert-OH is 1. The van der Waals surface area contributed by atoms with Crippen LogP contribution in [0.25, 0.3) is 0 Å². The minimum Gasteiger partial charge on any atom is -0.393 e. The van der Waals surface area contributed by atoms with Gasteiger partial charge in [0.1, 0.15) is 0 Å². The average molecular weight is 242 g/mol. The van der Waals surface area contributed by atoms with Gasteiger partial charge in [-0.3, -0.25) is 4.79 Å². The van der Waals surface area contributed by atoms with Gasteiger partial charge in [-0.1, -0.05) is 0 Å². The van der Waals surface area contributed by atoms with E-state index in [2.05, 4.69) is 5.32 Å². The molecule has 0 aromatic heterocycles. The zero-order valence-electron chi connectivity index (χ0n) is 9.27. The number of halogens is 3. The first kappa shape index (κ1) is 15.2. The van der Waals surface area contributed by atoms with Crippen molar-refractivity contribution in [2.45, 2.75) is 38.6 Å². The summed E-state index contributed by atoms with van der Waals surface area (Å²) in [6, 6.07) is -0.264. The van der Waals surface area contributed by atoms with Gasteiger partial charge in [-0.15, -0.1) is 0 Å². The summed E-state index contributed by atoms with van der Waals surface area (Å²) in [7, 11) is 0. The highest BCUT2D eigenvalue weighted by Gasteiger charge is 2.26. The summed E-state index contributed by atoms with van der Waals surface area (Å²) in [5, 5.41) is 13.5. The van der Waals surface area contributed by atoms with Gasteiger partial charge >= 0.3 is 6.18 Å². The van der Waals surface area contributed by atoms with Crippen LogP contribution < -0.4 is 10.6 Å². The maximum absolute atomic E-state index is 11.7. The van der Waals surface area contributed by atoms with Gasteiger partial charge in [0.2, 0.25) is 5.91 Å². The van der Waals surface area contributed by atoms with E-state index in [1.165, 1.54) is 0 Å². The number of carbonyl (C=O) groups excluding carboxylic acids is 1. The van der Waals surface area contributed by atoms with Crippen LogP contribution in [0.5, 0.6) is 0 Å². The Morgan fingerprint density at radius 1 is 1.38 bits per heavy atom. The lowest BCUT2D eigenvalue weighted by Gasteiger charge is -2.15. The Balaban J connectivity index is 3.66. The van der Waals surface area contributed by atoms with Gasteiger partial charge in [-0.25, -0.2) is 0 Å². The van der Waals surface area contributed by atoms with E-state index in [0.29, 0.717) is 6.42 Å². The molecule has 4 nitrogen and oxygen atoms in total. The third kappa shape index (κ3) is 9.72. The van der Waals surface area contributed by atoms with Crippen molar-refractivity contribution in [2.24, 2.45) is 0 Å². The largest absolute Gasteiger partial charge is 0.401 e. The fourth-order valence-corrected chi connectivity index (χ4v) is 1.21. The molecule has 2 atom stereocenters. The number of hydrogen-bond donors (Lipinski definition) is 3. The molecule has 0 spiro atoms. The maximum atomic E-state index is 11.7. The van der Waals surface area contributed by atoms with Gasteiger partial charge in [0.05, 0.1) is 19.2 Å². The molecule has 0 aromatic carbocycles. The summed E-state index contributed by atoms with van der Waals surface area (Å²) in [6.45, 7) is 1.67. The molecule has 0 heterocycles. The summed E-state index contributed by atoms with van der Waals surface area (Å²) < 4.78 is 35.1. The molecular formula is C9H17F3N2O2. The van der Waals surface area contributed by atoms with Crippen LogP contribution in [-0.4, -0.2) is 42.4 Å². The van der Waals surface area contributed by atoms with Gasteiger partial charge in [0.25, 0.3) is 0 Å². The Morgan fingerprint density at radius 3 is 2.38 bits per heavy atom. The Hall–Kier alpha value is -0.820. The Morgan fingerprint density at radius 2 is 1.94 bits per heavy atom. The lowest BCUT2D eigenvalue weighted by molar-refractivity contribution is -0.128. The summed E-state index contributed by atoms with van der Waals surface area (Å²) in [6.07, 6.45) is -4.50. The first-order valence-corrected chi connectivity index (χ1v) is 4.95. The van der Waals surface area contributed by atoms with E-state index in [0.717, 1.165) is 0 Å². The quantitative estimate of drug-likeness (QED) is 0.632. The van der Waals surface area contributed by atoms with Crippen LogP contribution in [-0.2, 0) is 4.79 Å². The summed E-state index contributed by atoms with van der Waals surface area (Å²) in [5.74, 6) is -0.516. The second-order valence-electron chi connectivity index (χ2n) is 3.77. The molecule has 0 aliphatic rings. The molecule has 0 rings (SSSR count). The van der Waals surface area contributed by atoms with E-state index in [9.17, 15) is 18.0 Å². The normalized spacial score (nSPS) is 15.6. The van der Waals surface area contributed by atoms with Crippen LogP contribution in [0.3, 0.4) is 0 Å². The van der Waals surface area contributed by atoms with Crippen LogP contribution in [0, 0.1) is 0 Å². The molecule has 0 aliphatic carbocycles. The van der Waals surface area contributed by atoms with Crippen LogP contribution >= 0.6 is 0 Å². The fourth-order valence-electron chi connectivity index (χ4n) is 1.21. The zero-order valence-corrected chi connectivity index (χ0v) is 9.27. The maximum Gasteiger partial charge on any atom is 0.401 e. The molecule has 0 aromatic rings. The van der Waals surface area contributed by atoms with Crippen molar-refractivity contribution >= 4 is 5.91 Å². The average Bonchev–Trinajstić information content (AvgIpc) is 1.98. The Kier molecular flexibility index (Phi) is 6.35. The number of aliphatic hydroxyl groups is 1. The molecule has 1 amide bonds. The van der Waals surface area contributed by atoms with E-state index in [4.69, 9.17) is 5.11 Å². The number of nitrogens with one attached hydrogen (secondary N) is 2. The van der Waals surface area contributed by atoms with Crippen molar-refractivity contribution in [2.75, 3.05) is 13.1 Å². The molecule has 7 heteroatoms. The minimum absolute atomic E-state index is 0.264. The van der Waals surface area contributed by atoms with E-state index >= 15 is 0 Å². The van der Waals surface area contributed by atoms with Crippen LogP contribution in [0.1, 0.15) is 20.3 Å². The Labute approximate surface area is 92.2 Å². The third-order valence-corrected chi connectivity index (χ3v) is 1.71. The molecule has 3 N–H and O–H groups in total. The molecule has 2 unspecified atom stereocenters. The third-order valence-electron chi connectivity index (χ3n) is 1.71. The van der Waals surface area contributed by atoms with Crippen molar-refractivity contribution in [3.63, 3.8) is 0 Å². The Bertz CT molecular complexity index is 219. The molecule has 0 saturated heterocycles. The minimum atomic E-state index is -4.31. The van der Waals surface area contributed by atoms with E-state index < -0.39 is 24.7 Å². The molecule has 16 heavy (non-hydrogen) atoms. The van der Waals surface area contributed by atoms with Gasteiger partial charge in [-0.05, 0) is 20.3 Å². The monoisotopic (exact) mass is 242 g/mol. The predicted octanol–water partition coefficient (Wildman–Crippen LogP) is 0.414. The molecule has 0 radical (unpaired) electrons. The topological polar surface area (TPSA) is 61.4 Å². The predicted molar refractivity (Wildman–Crippen MR) is 52.8 cm³/mol. The second kappa shape index (κ2) is 6.70. The smallest absolute Gasteiger partial charge is 0.393 e. The fraction of sp³-hybridized carbons (Fsp3) is 0.889. The van der Waals surface area contributed by atoms with Gasteiger partial charge in [0, 0.05) is 6.04 Å². The first-order valence-electron chi connectivity index (χ1n) is 4.95. The number of carbonyl (C=O) groups is 1.